The van der Waals surface area contributed by atoms with Gasteiger partial charge in [-0.2, -0.15) is 4.98 Å². The lowest BCUT2D eigenvalue weighted by atomic mass is 10.2. The van der Waals surface area contributed by atoms with E-state index in [0.717, 1.165) is 23.4 Å². The third-order valence-corrected chi connectivity index (χ3v) is 4.66. The van der Waals surface area contributed by atoms with Gasteiger partial charge in [0.05, 0.1) is 18.4 Å². The molecular weight excluding hydrogens is 374 g/mol. The van der Waals surface area contributed by atoms with Gasteiger partial charge in [-0.25, -0.2) is 13.3 Å². The van der Waals surface area contributed by atoms with Crippen LogP contribution < -0.4 is 10.1 Å². The minimum Gasteiger partial charge on any atom is -0.497 e. The van der Waals surface area contributed by atoms with E-state index in [2.05, 4.69) is 15.4 Å². The van der Waals surface area contributed by atoms with Crippen molar-refractivity contribution in [3.05, 3.63) is 65.0 Å². The van der Waals surface area contributed by atoms with E-state index in [9.17, 15) is 13.6 Å². The van der Waals surface area contributed by atoms with Gasteiger partial charge in [-0.3, -0.25) is 10.1 Å². The number of hydrogen-bond acceptors (Lipinski definition) is 5. The van der Waals surface area contributed by atoms with Crippen LogP contribution >= 0.6 is 11.3 Å². The topological polar surface area (TPSA) is 68.5 Å². The summed E-state index contributed by atoms with van der Waals surface area (Å²) >= 11 is 1.34. The number of methoxy groups -OCH3 is 1. The van der Waals surface area contributed by atoms with Crippen LogP contribution in [-0.4, -0.2) is 27.6 Å². The predicted octanol–water partition coefficient (Wildman–Crippen LogP) is 4.00. The number of benzene rings is 2. The van der Waals surface area contributed by atoms with Crippen molar-refractivity contribution in [3.63, 3.8) is 0 Å². The molecule has 2 aromatic carbocycles. The van der Waals surface area contributed by atoms with Gasteiger partial charge in [0.15, 0.2) is 0 Å². The SMILES string of the molecule is COc1cccc(-c2csc3nc(NC(=O)c4ccc(F)cc4F)nn23)c1. The van der Waals surface area contributed by atoms with Crippen molar-refractivity contribution in [1.29, 1.82) is 0 Å². The van der Waals surface area contributed by atoms with Gasteiger partial charge in [0.25, 0.3) is 11.9 Å². The Labute approximate surface area is 156 Å². The van der Waals surface area contributed by atoms with E-state index in [-0.39, 0.29) is 11.5 Å². The van der Waals surface area contributed by atoms with Crippen molar-refractivity contribution in [3.8, 4) is 17.0 Å². The quantitative estimate of drug-likeness (QED) is 0.576. The summed E-state index contributed by atoms with van der Waals surface area (Å²) in [5, 5.41) is 8.58. The number of halogens is 2. The number of thiazole rings is 1. The summed E-state index contributed by atoms with van der Waals surface area (Å²) < 4.78 is 33.5. The normalized spacial score (nSPS) is 10.9. The van der Waals surface area contributed by atoms with Crippen molar-refractivity contribution >= 4 is 28.2 Å². The second-order valence-electron chi connectivity index (χ2n) is 5.56. The Kier molecular flexibility index (Phi) is 4.28. The van der Waals surface area contributed by atoms with E-state index >= 15 is 0 Å². The zero-order chi connectivity index (χ0) is 19.0. The van der Waals surface area contributed by atoms with Crippen molar-refractivity contribution in [1.82, 2.24) is 14.6 Å². The Morgan fingerprint density at radius 3 is 2.85 bits per heavy atom. The molecule has 2 aromatic heterocycles. The predicted molar refractivity (Wildman–Crippen MR) is 97.2 cm³/mol. The summed E-state index contributed by atoms with van der Waals surface area (Å²) in [5.41, 5.74) is 1.35. The first-order valence-corrected chi connectivity index (χ1v) is 8.68. The molecule has 2 heterocycles. The molecule has 4 aromatic rings. The van der Waals surface area contributed by atoms with E-state index in [1.165, 1.54) is 11.3 Å². The second-order valence-corrected chi connectivity index (χ2v) is 6.40. The van der Waals surface area contributed by atoms with Crippen LogP contribution in [-0.2, 0) is 0 Å². The number of fused-ring (bicyclic) bond motifs is 1. The molecule has 0 aliphatic heterocycles. The van der Waals surface area contributed by atoms with Gasteiger partial charge in [0.2, 0.25) is 4.96 Å². The van der Waals surface area contributed by atoms with Gasteiger partial charge in [0, 0.05) is 17.0 Å². The minimum atomic E-state index is -0.953. The highest BCUT2D eigenvalue weighted by atomic mass is 32.1. The lowest BCUT2D eigenvalue weighted by Crippen LogP contribution is -2.15. The fourth-order valence-electron chi connectivity index (χ4n) is 2.56. The monoisotopic (exact) mass is 386 g/mol. The maximum absolute atomic E-state index is 13.7. The molecule has 0 saturated carbocycles. The maximum Gasteiger partial charge on any atom is 0.261 e. The number of amides is 1. The van der Waals surface area contributed by atoms with E-state index < -0.39 is 17.5 Å². The molecular formula is C18H12F2N4O2S. The van der Waals surface area contributed by atoms with Gasteiger partial charge in [-0.05, 0) is 24.3 Å². The highest BCUT2D eigenvalue weighted by Crippen LogP contribution is 2.28. The third-order valence-electron chi connectivity index (χ3n) is 3.85. The Bertz CT molecular complexity index is 1160. The van der Waals surface area contributed by atoms with Gasteiger partial charge in [-0.15, -0.1) is 16.4 Å². The fourth-order valence-corrected chi connectivity index (χ4v) is 3.39. The zero-order valence-corrected chi connectivity index (χ0v) is 14.8. The molecule has 136 valence electrons. The first-order valence-electron chi connectivity index (χ1n) is 7.80. The maximum atomic E-state index is 13.7. The number of carbonyl (C=O) groups is 1. The molecule has 6 nitrogen and oxygen atoms in total. The summed E-state index contributed by atoms with van der Waals surface area (Å²) in [6.07, 6.45) is 0. The Morgan fingerprint density at radius 1 is 1.22 bits per heavy atom. The molecule has 0 aliphatic carbocycles. The highest BCUT2D eigenvalue weighted by Gasteiger charge is 2.17. The van der Waals surface area contributed by atoms with Gasteiger partial charge in [-0.1, -0.05) is 12.1 Å². The number of hydrogen-bond donors (Lipinski definition) is 1. The van der Waals surface area contributed by atoms with E-state index in [1.54, 1.807) is 11.6 Å². The van der Waals surface area contributed by atoms with Crippen LogP contribution in [0.2, 0.25) is 0 Å². The molecule has 4 rings (SSSR count). The van der Waals surface area contributed by atoms with Crippen molar-refractivity contribution in [2.75, 3.05) is 12.4 Å². The Balaban J connectivity index is 1.64. The molecule has 0 atom stereocenters. The molecule has 0 bridgehead atoms. The number of carbonyl (C=O) groups excluding carboxylic acids is 1. The number of anilines is 1. The smallest absolute Gasteiger partial charge is 0.261 e. The van der Waals surface area contributed by atoms with Crippen LogP contribution in [0.4, 0.5) is 14.7 Å². The lowest BCUT2D eigenvalue weighted by molar-refractivity contribution is 0.102. The summed E-state index contributed by atoms with van der Waals surface area (Å²) in [6.45, 7) is 0. The molecule has 0 fully saturated rings. The molecule has 0 radical (unpaired) electrons. The van der Waals surface area contributed by atoms with E-state index in [1.807, 2.05) is 29.6 Å². The number of ether oxygens (including phenoxy) is 1. The minimum absolute atomic E-state index is 0.0275. The average molecular weight is 386 g/mol. The second kappa shape index (κ2) is 6.76. The Morgan fingerprint density at radius 2 is 2.07 bits per heavy atom. The number of nitrogens with one attached hydrogen (secondary N) is 1. The fraction of sp³-hybridized carbons (Fsp3) is 0.0556. The van der Waals surface area contributed by atoms with E-state index in [0.29, 0.717) is 16.8 Å². The molecule has 0 aliphatic rings. The first-order chi connectivity index (χ1) is 13.0. The van der Waals surface area contributed by atoms with Crippen LogP contribution in [0, 0.1) is 11.6 Å². The average Bonchev–Trinajstić information content (AvgIpc) is 3.21. The van der Waals surface area contributed by atoms with Crippen molar-refractivity contribution < 1.29 is 18.3 Å². The van der Waals surface area contributed by atoms with Crippen LogP contribution in [0.25, 0.3) is 16.2 Å². The number of rotatable bonds is 4. The molecule has 1 N–H and O–H groups in total. The molecule has 0 saturated heterocycles. The Hall–Kier alpha value is -3.33. The van der Waals surface area contributed by atoms with Crippen LogP contribution in [0.3, 0.4) is 0 Å². The molecule has 9 heteroatoms. The summed E-state index contributed by atoms with van der Waals surface area (Å²) in [7, 11) is 1.58. The third kappa shape index (κ3) is 3.24. The summed E-state index contributed by atoms with van der Waals surface area (Å²) in [6, 6.07) is 10.2. The zero-order valence-electron chi connectivity index (χ0n) is 13.9. The van der Waals surface area contributed by atoms with Crippen molar-refractivity contribution in [2.24, 2.45) is 0 Å². The van der Waals surface area contributed by atoms with Crippen LogP contribution in [0.5, 0.6) is 5.75 Å². The van der Waals surface area contributed by atoms with Gasteiger partial charge >= 0.3 is 0 Å². The largest absolute Gasteiger partial charge is 0.497 e. The lowest BCUT2D eigenvalue weighted by Gasteiger charge is -2.03. The van der Waals surface area contributed by atoms with E-state index in [4.69, 9.17) is 4.74 Å². The van der Waals surface area contributed by atoms with Gasteiger partial charge < -0.3 is 4.74 Å². The molecule has 0 spiro atoms. The first kappa shape index (κ1) is 17.1. The van der Waals surface area contributed by atoms with Gasteiger partial charge in [0.1, 0.15) is 17.4 Å². The van der Waals surface area contributed by atoms with Crippen LogP contribution in [0.1, 0.15) is 10.4 Å². The summed E-state index contributed by atoms with van der Waals surface area (Å²) in [4.78, 5) is 17.0. The van der Waals surface area contributed by atoms with Crippen molar-refractivity contribution in [2.45, 2.75) is 0 Å². The molecule has 27 heavy (non-hydrogen) atoms. The molecule has 1 amide bonds. The number of nitrogens with zero attached hydrogens (tertiary/aromatic N) is 3. The molecule has 0 unspecified atom stereocenters. The summed E-state index contributed by atoms with van der Waals surface area (Å²) in [5.74, 6) is -1.74. The van der Waals surface area contributed by atoms with Crippen LogP contribution in [0.15, 0.2) is 47.8 Å². The standard InChI is InChI=1S/C18H12F2N4O2S/c1-26-12-4-2-3-10(7-12)15-9-27-18-22-17(23-24(15)18)21-16(25)13-6-5-11(19)8-14(13)20/h2-9H,1H3,(H,21,23,25). The number of aromatic nitrogens is 3. The highest BCUT2D eigenvalue weighted by molar-refractivity contribution is 7.15.